The van der Waals surface area contributed by atoms with E-state index < -0.39 is 18.5 Å². The van der Waals surface area contributed by atoms with Crippen molar-refractivity contribution in [2.24, 2.45) is 0 Å². The largest absolute Gasteiger partial charge is 0.452 e. The number of rotatable bonds is 7. The Morgan fingerprint density at radius 3 is 2.03 bits per heavy atom. The number of carbonyl (C=O) groups excluding carboxylic acids is 4. The fourth-order valence-corrected chi connectivity index (χ4v) is 2.89. The number of amides is 2. The minimum absolute atomic E-state index is 0.0804. The minimum Gasteiger partial charge on any atom is -0.452 e. The van der Waals surface area contributed by atoms with Crippen LogP contribution in [0.15, 0.2) is 78.9 Å². The van der Waals surface area contributed by atoms with Gasteiger partial charge in [-0.05, 0) is 24.3 Å². The van der Waals surface area contributed by atoms with Crippen LogP contribution in [-0.4, -0.2) is 30.2 Å². The van der Waals surface area contributed by atoms with Crippen LogP contribution < -0.4 is 10.6 Å². The van der Waals surface area contributed by atoms with Crippen molar-refractivity contribution in [2.75, 3.05) is 17.2 Å². The zero-order valence-electron chi connectivity index (χ0n) is 16.8. The normalized spacial score (nSPS) is 10.1. The number of anilines is 2. The van der Waals surface area contributed by atoms with E-state index in [1.807, 2.05) is 0 Å². The number of ether oxygens (including phenoxy) is 1. The lowest BCUT2D eigenvalue weighted by atomic mass is 9.98. The van der Waals surface area contributed by atoms with Gasteiger partial charge in [0.2, 0.25) is 5.91 Å². The molecule has 0 aliphatic rings. The SMILES string of the molecule is CC(=O)Nc1cccc(NC(=O)COC(=O)c2ccccc2C(=O)c2ccccc2)c1. The third-order valence-corrected chi connectivity index (χ3v) is 4.23. The van der Waals surface area contributed by atoms with E-state index in [4.69, 9.17) is 4.74 Å². The fourth-order valence-electron chi connectivity index (χ4n) is 2.89. The van der Waals surface area contributed by atoms with Crippen LogP contribution >= 0.6 is 0 Å². The molecule has 0 bridgehead atoms. The Balaban J connectivity index is 1.64. The molecular formula is C24H20N2O5. The van der Waals surface area contributed by atoms with E-state index in [1.165, 1.54) is 13.0 Å². The smallest absolute Gasteiger partial charge is 0.339 e. The van der Waals surface area contributed by atoms with Gasteiger partial charge in [-0.15, -0.1) is 0 Å². The van der Waals surface area contributed by atoms with Crippen molar-refractivity contribution in [3.05, 3.63) is 95.6 Å². The van der Waals surface area contributed by atoms with Gasteiger partial charge in [0, 0.05) is 29.4 Å². The van der Waals surface area contributed by atoms with E-state index in [9.17, 15) is 19.2 Å². The number of hydrogen-bond donors (Lipinski definition) is 2. The molecule has 7 nitrogen and oxygen atoms in total. The van der Waals surface area contributed by atoms with Crippen molar-refractivity contribution in [3.63, 3.8) is 0 Å². The first-order valence-electron chi connectivity index (χ1n) is 9.47. The second-order valence-corrected chi connectivity index (χ2v) is 6.63. The van der Waals surface area contributed by atoms with Crippen LogP contribution in [0, 0.1) is 0 Å². The van der Waals surface area contributed by atoms with Crippen molar-refractivity contribution >= 4 is 34.9 Å². The maximum absolute atomic E-state index is 12.7. The van der Waals surface area contributed by atoms with Crippen LogP contribution in [0.1, 0.15) is 33.2 Å². The molecule has 2 amide bonds. The number of ketones is 1. The van der Waals surface area contributed by atoms with Gasteiger partial charge >= 0.3 is 5.97 Å². The molecule has 3 aromatic rings. The van der Waals surface area contributed by atoms with Crippen LogP contribution in [0.4, 0.5) is 11.4 Å². The summed E-state index contributed by atoms with van der Waals surface area (Å²) in [6.07, 6.45) is 0. The van der Waals surface area contributed by atoms with Gasteiger partial charge in [-0.25, -0.2) is 4.79 Å². The summed E-state index contributed by atoms with van der Waals surface area (Å²) in [5.74, 6) is -1.88. The van der Waals surface area contributed by atoms with E-state index in [2.05, 4.69) is 10.6 Å². The van der Waals surface area contributed by atoms with Crippen LogP contribution in [-0.2, 0) is 14.3 Å². The summed E-state index contributed by atoms with van der Waals surface area (Å²) in [7, 11) is 0. The fraction of sp³-hybridized carbons (Fsp3) is 0.0833. The van der Waals surface area contributed by atoms with Crippen LogP contribution in [0.5, 0.6) is 0 Å². The zero-order valence-corrected chi connectivity index (χ0v) is 16.8. The maximum atomic E-state index is 12.7. The highest BCUT2D eigenvalue weighted by molar-refractivity contribution is 6.14. The van der Waals surface area contributed by atoms with E-state index in [0.717, 1.165) is 0 Å². The zero-order chi connectivity index (χ0) is 22.2. The lowest BCUT2D eigenvalue weighted by molar-refractivity contribution is -0.119. The van der Waals surface area contributed by atoms with E-state index in [0.29, 0.717) is 16.9 Å². The average Bonchev–Trinajstić information content (AvgIpc) is 2.77. The molecule has 7 heteroatoms. The lowest BCUT2D eigenvalue weighted by Crippen LogP contribution is -2.22. The average molecular weight is 416 g/mol. The van der Waals surface area contributed by atoms with Crippen molar-refractivity contribution in [1.82, 2.24) is 0 Å². The summed E-state index contributed by atoms with van der Waals surface area (Å²) in [6.45, 7) is 0.849. The van der Waals surface area contributed by atoms with Crippen LogP contribution in [0.25, 0.3) is 0 Å². The summed E-state index contributed by atoms with van der Waals surface area (Å²) < 4.78 is 5.11. The summed E-state index contributed by atoms with van der Waals surface area (Å²) in [6, 6.07) is 21.4. The van der Waals surface area contributed by atoms with Crippen molar-refractivity contribution < 1.29 is 23.9 Å². The Morgan fingerprint density at radius 1 is 0.742 bits per heavy atom. The molecule has 0 saturated heterocycles. The van der Waals surface area contributed by atoms with Crippen molar-refractivity contribution in [2.45, 2.75) is 6.92 Å². The second kappa shape index (κ2) is 9.98. The summed E-state index contributed by atoms with van der Waals surface area (Å²) >= 11 is 0. The third kappa shape index (κ3) is 5.86. The minimum atomic E-state index is -0.776. The molecule has 0 aromatic heterocycles. The summed E-state index contributed by atoms with van der Waals surface area (Å²) in [5.41, 5.74) is 1.68. The quantitative estimate of drug-likeness (QED) is 0.452. The Morgan fingerprint density at radius 2 is 1.35 bits per heavy atom. The van der Waals surface area contributed by atoms with Gasteiger partial charge in [-0.1, -0.05) is 54.6 Å². The molecular weight excluding hydrogens is 396 g/mol. The van der Waals surface area contributed by atoms with Crippen LogP contribution in [0.2, 0.25) is 0 Å². The molecule has 0 radical (unpaired) electrons. The Labute approximate surface area is 179 Å². The van der Waals surface area contributed by atoms with E-state index in [-0.39, 0.29) is 22.8 Å². The highest BCUT2D eigenvalue weighted by Crippen LogP contribution is 2.17. The molecule has 0 saturated carbocycles. The first-order chi connectivity index (χ1) is 14.9. The molecule has 156 valence electrons. The molecule has 0 aliphatic heterocycles. The molecule has 31 heavy (non-hydrogen) atoms. The molecule has 0 aliphatic carbocycles. The number of carbonyl (C=O) groups is 4. The number of hydrogen-bond acceptors (Lipinski definition) is 5. The van der Waals surface area contributed by atoms with Gasteiger partial charge in [0.15, 0.2) is 12.4 Å². The molecule has 0 spiro atoms. The van der Waals surface area contributed by atoms with Gasteiger partial charge in [-0.2, -0.15) is 0 Å². The molecule has 0 heterocycles. The van der Waals surface area contributed by atoms with Crippen molar-refractivity contribution in [1.29, 1.82) is 0 Å². The Hall–Kier alpha value is -4.26. The van der Waals surface area contributed by atoms with Gasteiger partial charge in [0.05, 0.1) is 5.56 Å². The Kier molecular flexibility index (Phi) is 6.90. The second-order valence-electron chi connectivity index (χ2n) is 6.63. The number of nitrogens with one attached hydrogen (secondary N) is 2. The van der Waals surface area contributed by atoms with Gasteiger partial charge in [-0.3, -0.25) is 14.4 Å². The molecule has 0 atom stereocenters. The number of esters is 1. The molecule has 0 fully saturated rings. The third-order valence-electron chi connectivity index (χ3n) is 4.23. The molecule has 0 unspecified atom stereocenters. The van der Waals surface area contributed by atoms with Gasteiger partial charge in [0.25, 0.3) is 5.91 Å². The first kappa shape index (κ1) is 21.4. The molecule has 2 N–H and O–H groups in total. The van der Waals surface area contributed by atoms with Crippen molar-refractivity contribution in [3.8, 4) is 0 Å². The molecule has 3 aromatic carbocycles. The lowest BCUT2D eigenvalue weighted by Gasteiger charge is -2.10. The Bertz CT molecular complexity index is 1130. The first-order valence-corrected chi connectivity index (χ1v) is 9.47. The topological polar surface area (TPSA) is 102 Å². The van der Waals surface area contributed by atoms with Gasteiger partial charge < -0.3 is 15.4 Å². The van der Waals surface area contributed by atoms with Crippen LogP contribution in [0.3, 0.4) is 0 Å². The number of benzene rings is 3. The molecule has 3 rings (SSSR count). The highest BCUT2D eigenvalue weighted by atomic mass is 16.5. The maximum Gasteiger partial charge on any atom is 0.339 e. The predicted molar refractivity (Wildman–Crippen MR) is 116 cm³/mol. The standard InChI is InChI=1S/C24H20N2O5/c1-16(27)25-18-10-7-11-19(14-18)26-22(28)15-31-24(30)21-13-6-5-12-20(21)23(29)17-8-3-2-4-9-17/h2-14H,15H2,1H3,(H,25,27)(H,26,28). The van der Waals surface area contributed by atoms with E-state index >= 15 is 0 Å². The summed E-state index contributed by atoms with van der Waals surface area (Å²) in [4.78, 5) is 48.6. The summed E-state index contributed by atoms with van der Waals surface area (Å²) in [5, 5.41) is 5.20. The van der Waals surface area contributed by atoms with Gasteiger partial charge in [0.1, 0.15) is 0 Å². The predicted octanol–water partition coefficient (Wildman–Crippen LogP) is 3.67. The monoisotopic (exact) mass is 416 g/mol. The highest BCUT2D eigenvalue weighted by Gasteiger charge is 2.19. The van der Waals surface area contributed by atoms with E-state index in [1.54, 1.807) is 72.8 Å².